The van der Waals surface area contributed by atoms with E-state index in [-0.39, 0.29) is 17.5 Å². The van der Waals surface area contributed by atoms with Gasteiger partial charge >= 0.3 is 11.3 Å². The van der Waals surface area contributed by atoms with Crippen molar-refractivity contribution in [2.75, 3.05) is 11.1 Å². The fourth-order valence-electron chi connectivity index (χ4n) is 3.01. The Bertz CT molecular complexity index is 1000. The highest BCUT2D eigenvalue weighted by molar-refractivity contribution is 7.99. The van der Waals surface area contributed by atoms with E-state index in [9.17, 15) is 9.90 Å². The Morgan fingerprint density at radius 1 is 1.24 bits per heavy atom. The van der Waals surface area contributed by atoms with E-state index in [0.717, 1.165) is 22.6 Å². The zero-order valence-electron chi connectivity index (χ0n) is 13.6. The van der Waals surface area contributed by atoms with Crippen molar-refractivity contribution in [1.82, 2.24) is 10.1 Å². The van der Waals surface area contributed by atoms with Crippen LogP contribution in [-0.4, -0.2) is 20.9 Å². The fourth-order valence-corrected chi connectivity index (χ4v) is 3.59. The second-order valence-electron chi connectivity index (χ2n) is 5.67. The van der Waals surface area contributed by atoms with E-state index < -0.39 is 0 Å². The Morgan fingerprint density at radius 3 is 2.88 bits per heavy atom. The lowest BCUT2D eigenvalue weighted by Crippen LogP contribution is -2.55. The molecule has 0 aliphatic carbocycles. The number of aromatic nitrogens is 3. The van der Waals surface area contributed by atoms with Gasteiger partial charge in [0.05, 0.1) is 11.3 Å². The first-order valence-corrected chi connectivity index (χ1v) is 8.99. The summed E-state index contributed by atoms with van der Waals surface area (Å²) in [5.41, 5.74) is 2.82. The van der Waals surface area contributed by atoms with Crippen LogP contribution in [0.3, 0.4) is 0 Å². The highest BCUT2D eigenvalue weighted by Crippen LogP contribution is 2.32. The fraction of sp³-hybridized carbons (Fsp3) is 0.167. The molecule has 7 heteroatoms. The van der Waals surface area contributed by atoms with Crippen LogP contribution in [0, 0.1) is 0 Å². The third-order valence-electron chi connectivity index (χ3n) is 4.05. The quantitative estimate of drug-likeness (QED) is 0.498. The summed E-state index contributed by atoms with van der Waals surface area (Å²) in [7, 11) is 0. The zero-order valence-corrected chi connectivity index (χ0v) is 14.4. The van der Waals surface area contributed by atoms with E-state index in [1.54, 1.807) is 22.9 Å². The minimum Gasteiger partial charge on any atom is -0.508 e. The van der Waals surface area contributed by atoms with Gasteiger partial charge in [-0.25, -0.2) is 0 Å². The molecule has 0 saturated carbocycles. The molecule has 3 aromatic rings. The number of hydrogen-bond acceptors (Lipinski definition) is 5. The third-order valence-corrected chi connectivity index (χ3v) is 4.80. The molecule has 0 saturated heterocycles. The molecule has 4 rings (SSSR count). The van der Waals surface area contributed by atoms with E-state index in [2.05, 4.69) is 15.4 Å². The molecule has 1 aliphatic heterocycles. The van der Waals surface area contributed by atoms with Crippen LogP contribution >= 0.6 is 11.8 Å². The number of H-pyrrole nitrogens is 1. The molecule has 1 aromatic heterocycles. The number of aromatic amines is 1. The van der Waals surface area contributed by atoms with Crippen molar-refractivity contribution < 1.29 is 9.79 Å². The van der Waals surface area contributed by atoms with Gasteiger partial charge in [0.1, 0.15) is 5.75 Å². The van der Waals surface area contributed by atoms with E-state index >= 15 is 0 Å². The van der Waals surface area contributed by atoms with Gasteiger partial charge in [-0.15, -0.1) is 0 Å². The molecule has 0 unspecified atom stereocenters. The molecule has 0 fully saturated rings. The monoisotopic (exact) mass is 353 g/mol. The van der Waals surface area contributed by atoms with Crippen molar-refractivity contribution in [3.05, 3.63) is 64.4 Å². The van der Waals surface area contributed by atoms with Gasteiger partial charge in [0.2, 0.25) is 5.16 Å². The summed E-state index contributed by atoms with van der Waals surface area (Å²) in [6.07, 6.45) is -0.379. The predicted octanol–water partition coefficient (Wildman–Crippen LogP) is 2.51. The van der Waals surface area contributed by atoms with Crippen LogP contribution in [-0.2, 0) is 0 Å². The number of para-hydroxylation sites is 1. The topological polar surface area (TPSA) is 81.9 Å². The number of aromatic hydroxyl groups is 1. The highest BCUT2D eigenvalue weighted by atomic mass is 32.2. The Balaban J connectivity index is 1.97. The first-order chi connectivity index (χ1) is 12.2. The van der Waals surface area contributed by atoms with Crippen molar-refractivity contribution in [3.63, 3.8) is 0 Å². The van der Waals surface area contributed by atoms with Gasteiger partial charge in [-0.1, -0.05) is 36.9 Å². The number of fused-ring (bicyclic) bond motifs is 3. The SMILES string of the molecule is CCSc1n[n+]2c(c(=O)[nH]1)-c1ccccc1N[C@H]2c1cccc(O)c1. The van der Waals surface area contributed by atoms with Crippen molar-refractivity contribution >= 4 is 17.4 Å². The largest absolute Gasteiger partial charge is 0.508 e. The Kier molecular flexibility index (Phi) is 3.93. The van der Waals surface area contributed by atoms with E-state index in [1.165, 1.54) is 11.8 Å². The van der Waals surface area contributed by atoms with Gasteiger partial charge < -0.3 is 10.4 Å². The van der Waals surface area contributed by atoms with Gasteiger partial charge in [-0.05, 0) is 40.8 Å². The molecule has 0 amide bonds. The normalized spacial score (nSPS) is 15.2. The van der Waals surface area contributed by atoms with E-state index in [1.807, 2.05) is 37.3 Å². The summed E-state index contributed by atoms with van der Waals surface area (Å²) >= 11 is 1.48. The summed E-state index contributed by atoms with van der Waals surface area (Å²) in [6, 6.07) is 14.6. The molecule has 2 heterocycles. The molecule has 0 spiro atoms. The molecule has 3 N–H and O–H groups in total. The van der Waals surface area contributed by atoms with E-state index in [0.29, 0.717) is 10.9 Å². The summed E-state index contributed by atoms with van der Waals surface area (Å²) in [5.74, 6) is 0.983. The number of hydrogen-bond donors (Lipinski definition) is 3. The van der Waals surface area contributed by atoms with Gasteiger partial charge in [-0.3, -0.25) is 9.78 Å². The molecule has 1 atom stereocenters. The van der Waals surface area contributed by atoms with Gasteiger partial charge in [0.25, 0.3) is 6.17 Å². The van der Waals surface area contributed by atoms with Crippen LogP contribution in [0.15, 0.2) is 58.5 Å². The number of anilines is 1. The minimum absolute atomic E-state index is 0.174. The average molecular weight is 353 g/mol. The first kappa shape index (κ1) is 15.7. The number of rotatable bonds is 3. The van der Waals surface area contributed by atoms with E-state index in [4.69, 9.17) is 0 Å². The van der Waals surface area contributed by atoms with Crippen LogP contribution in [0.5, 0.6) is 5.75 Å². The molecule has 1 aliphatic rings. The smallest absolute Gasteiger partial charge is 0.325 e. The summed E-state index contributed by atoms with van der Waals surface area (Å²) in [5, 5.41) is 18.5. The Morgan fingerprint density at radius 2 is 2.08 bits per heavy atom. The average Bonchev–Trinajstić information content (AvgIpc) is 2.61. The van der Waals surface area contributed by atoms with Gasteiger partial charge in [0.15, 0.2) is 0 Å². The summed E-state index contributed by atoms with van der Waals surface area (Å²) in [4.78, 5) is 15.6. The molecular formula is C18H17N4O2S+. The number of nitrogens with one attached hydrogen (secondary N) is 2. The molecule has 2 aromatic carbocycles. The maximum absolute atomic E-state index is 12.8. The van der Waals surface area contributed by atoms with Crippen molar-refractivity contribution in [3.8, 4) is 17.0 Å². The number of benzene rings is 2. The van der Waals surface area contributed by atoms with Crippen LogP contribution in [0.1, 0.15) is 18.7 Å². The van der Waals surface area contributed by atoms with Crippen molar-refractivity contribution in [1.29, 1.82) is 0 Å². The molecule has 0 radical (unpaired) electrons. The lowest BCUT2D eigenvalue weighted by atomic mass is 10.0. The van der Waals surface area contributed by atoms with Gasteiger partial charge in [-0.2, -0.15) is 0 Å². The number of nitrogens with zero attached hydrogens (tertiary/aromatic N) is 2. The third kappa shape index (κ3) is 2.76. The second-order valence-corrected chi connectivity index (χ2v) is 6.93. The first-order valence-electron chi connectivity index (χ1n) is 8.01. The second kappa shape index (κ2) is 6.25. The van der Waals surface area contributed by atoms with Gasteiger partial charge in [0, 0.05) is 10.7 Å². The lowest BCUT2D eigenvalue weighted by molar-refractivity contribution is -0.759. The van der Waals surface area contributed by atoms with Crippen LogP contribution in [0.25, 0.3) is 11.3 Å². The zero-order chi connectivity index (χ0) is 17.4. The van der Waals surface area contributed by atoms with Crippen LogP contribution in [0.4, 0.5) is 5.69 Å². The number of thioether (sulfide) groups is 1. The summed E-state index contributed by atoms with van der Waals surface area (Å²) < 4.78 is 1.70. The Hall–Kier alpha value is -2.80. The van der Waals surface area contributed by atoms with Crippen LogP contribution in [0.2, 0.25) is 0 Å². The Labute approximate surface area is 148 Å². The van der Waals surface area contributed by atoms with Crippen molar-refractivity contribution in [2.45, 2.75) is 18.2 Å². The lowest BCUT2D eigenvalue weighted by Gasteiger charge is -2.22. The molecule has 126 valence electrons. The van der Waals surface area contributed by atoms with Crippen molar-refractivity contribution in [2.24, 2.45) is 0 Å². The summed E-state index contributed by atoms with van der Waals surface area (Å²) in [6.45, 7) is 2.01. The number of phenols is 1. The maximum Gasteiger partial charge on any atom is 0.325 e. The molecule has 0 bridgehead atoms. The molecule has 25 heavy (non-hydrogen) atoms. The molecular weight excluding hydrogens is 336 g/mol. The molecule has 6 nitrogen and oxygen atoms in total. The maximum atomic E-state index is 12.8. The minimum atomic E-state index is -0.379. The highest BCUT2D eigenvalue weighted by Gasteiger charge is 2.37. The van der Waals surface area contributed by atoms with Crippen LogP contribution < -0.4 is 15.6 Å². The standard InChI is InChI=1S/C18H16N4O2S/c1-2-25-18-20-17(24)15-13-8-3-4-9-14(13)19-16(22(15)21-18)11-6-5-7-12(23)10-11/h3-10,16H,2H2,1H3,(H2,20,21,23,24)/p+1/t16-/m1/s1. The number of phenolic OH excluding ortho intramolecular Hbond substituents is 1. The predicted molar refractivity (Wildman–Crippen MR) is 96.8 cm³/mol.